The van der Waals surface area contributed by atoms with Crippen LogP contribution in [0.2, 0.25) is 0 Å². The zero-order valence-corrected chi connectivity index (χ0v) is 17.2. The molecule has 0 atom stereocenters. The van der Waals surface area contributed by atoms with Crippen molar-refractivity contribution in [2.75, 3.05) is 6.54 Å². The highest BCUT2D eigenvalue weighted by Gasteiger charge is 2.42. The Morgan fingerprint density at radius 2 is 1.74 bits per heavy atom. The summed E-state index contributed by atoms with van der Waals surface area (Å²) in [4.78, 5) is 29.5. The first-order chi connectivity index (χ1) is 15.1. The molecule has 0 saturated heterocycles. The van der Waals surface area contributed by atoms with Gasteiger partial charge < -0.3 is 15.6 Å². The molecule has 7 nitrogen and oxygen atoms in total. The molecule has 2 amide bonds. The molecule has 0 bridgehead atoms. The first-order valence-corrected chi connectivity index (χ1v) is 10.8. The van der Waals surface area contributed by atoms with Gasteiger partial charge >= 0.3 is 0 Å². The summed E-state index contributed by atoms with van der Waals surface area (Å²) in [6.45, 7) is 0.509. The molecule has 7 heteroatoms. The summed E-state index contributed by atoms with van der Waals surface area (Å²) in [5.41, 5.74) is 2.42. The molecule has 2 heterocycles. The van der Waals surface area contributed by atoms with Crippen LogP contribution in [0.3, 0.4) is 0 Å². The number of carbonyl (C=O) groups excluding carboxylic acids is 2. The highest BCUT2D eigenvalue weighted by Crippen LogP contribution is 2.30. The van der Waals surface area contributed by atoms with Crippen LogP contribution in [-0.2, 0) is 11.2 Å². The lowest BCUT2D eigenvalue weighted by Crippen LogP contribution is -2.57. The Kier molecular flexibility index (Phi) is 4.94. The van der Waals surface area contributed by atoms with Gasteiger partial charge in [-0.25, -0.2) is 0 Å². The number of hydrogen-bond acceptors (Lipinski definition) is 3. The fourth-order valence-electron chi connectivity index (χ4n) is 4.55. The molecule has 1 aliphatic carbocycles. The lowest BCUT2D eigenvalue weighted by Gasteiger charge is -2.28. The zero-order valence-electron chi connectivity index (χ0n) is 17.2. The van der Waals surface area contributed by atoms with Crippen LogP contribution >= 0.6 is 0 Å². The molecule has 0 radical (unpaired) electrons. The van der Waals surface area contributed by atoms with E-state index in [0.717, 1.165) is 40.3 Å². The van der Waals surface area contributed by atoms with Gasteiger partial charge in [0.15, 0.2) is 5.69 Å². The van der Waals surface area contributed by atoms with Gasteiger partial charge in [0.05, 0.1) is 5.52 Å². The molecule has 1 fully saturated rings. The van der Waals surface area contributed by atoms with E-state index in [0.29, 0.717) is 31.5 Å². The van der Waals surface area contributed by atoms with Crippen LogP contribution in [0.4, 0.5) is 0 Å². The van der Waals surface area contributed by atoms with Crippen molar-refractivity contribution in [2.45, 2.75) is 37.6 Å². The van der Waals surface area contributed by atoms with E-state index in [9.17, 15) is 9.59 Å². The maximum Gasteiger partial charge on any atom is 0.273 e. The van der Waals surface area contributed by atoms with E-state index in [2.05, 4.69) is 37.9 Å². The maximum absolute atomic E-state index is 13.1. The molecule has 31 heavy (non-hydrogen) atoms. The number of rotatable bonds is 6. The van der Waals surface area contributed by atoms with Crippen molar-refractivity contribution in [3.8, 4) is 0 Å². The quantitative estimate of drug-likeness (QED) is 0.388. The summed E-state index contributed by atoms with van der Waals surface area (Å²) < 4.78 is 0. The number of aromatic nitrogens is 3. The summed E-state index contributed by atoms with van der Waals surface area (Å²) in [6.07, 6.45) is 3.81. The molecule has 0 spiro atoms. The second-order valence-electron chi connectivity index (χ2n) is 8.25. The summed E-state index contributed by atoms with van der Waals surface area (Å²) in [5.74, 6) is -0.431. The van der Waals surface area contributed by atoms with Crippen molar-refractivity contribution in [2.24, 2.45) is 0 Å². The summed E-state index contributed by atoms with van der Waals surface area (Å²) in [7, 11) is 0. The van der Waals surface area contributed by atoms with E-state index in [1.807, 2.05) is 42.5 Å². The maximum atomic E-state index is 13.1. The van der Waals surface area contributed by atoms with E-state index in [4.69, 9.17) is 0 Å². The topological polar surface area (TPSA) is 103 Å². The molecule has 4 aromatic rings. The second kappa shape index (κ2) is 7.91. The molecular weight excluding hydrogens is 390 g/mol. The monoisotopic (exact) mass is 415 g/mol. The van der Waals surface area contributed by atoms with Crippen molar-refractivity contribution in [3.63, 3.8) is 0 Å². The average Bonchev–Trinajstić information content (AvgIpc) is 3.51. The molecule has 2 aromatic carbocycles. The van der Waals surface area contributed by atoms with Gasteiger partial charge in [-0.05, 0) is 36.4 Å². The number of amides is 2. The zero-order chi connectivity index (χ0) is 21.3. The lowest BCUT2D eigenvalue weighted by molar-refractivity contribution is -0.127. The number of nitrogens with zero attached hydrogens (tertiary/aromatic N) is 1. The first kappa shape index (κ1) is 19.4. The van der Waals surface area contributed by atoms with Crippen LogP contribution in [0.15, 0.2) is 54.6 Å². The van der Waals surface area contributed by atoms with Crippen LogP contribution in [0, 0.1) is 0 Å². The van der Waals surface area contributed by atoms with Gasteiger partial charge in [0.25, 0.3) is 5.91 Å². The largest absolute Gasteiger partial charge is 0.358 e. The Morgan fingerprint density at radius 1 is 1.00 bits per heavy atom. The second-order valence-corrected chi connectivity index (χ2v) is 8.25. The Hall–Kier alpha value is -3.61. The van der Waals surface area contributed by atoms with Crippen molar-refractivity contribution < 1.29 is 9.59 Å². The molecule has 1 aliphatic rings. The van der Waals surface area contributed by atoms with Crippen LogP contribution in [0.5, 0.6) is 0 Å². The fraction of sp³-hybridized carbons (Fsp3) is 0.292. The highest BCUT2D eigenvalue weighted by atomic mass is 16.2. The third kappa shape index (κ3) is 3.67. The minimum Gasteiger partial charge on any atom is -0.358 e. The molecule has 158 valence electrons. The average molecular weight is 415 g/mol. The molecule has 5 rings (SSSR count). The molecular formula is C24H25N5O2. The van der Waals surface area contributed by atoms with E-state index >= 15 is 0 Å². The van der Waals surface area contributed by atoms with E-state index in [1.54, 1.807) is 0 Å². The molecule has 0 unspecified atom stereocenters. The number of benzene rings is 2. The minimum atomic E-state index is -0.877. The van der Waals surface area contributed by atoms with Gasteiger partial charge in [0, 0.05) is 29.6 Å². The normalized spacial score (nSPS) is 15.4. The third-order valence-electron chi connectivity index (χ3n) is 6.20. The minimum absolute atomic E-state index is 0.116. The van der Waals surface area contributed by atoms with E-state index in [1.165, 1.54) is 0 Å². The van der Waals surface area contributed by atoms with Crippen molar-refractivity contribution in [1.29, 1.82) is 0 Å². The van der Waals surface area contributed by atoms with Crippen molar-refractivity contribution in [1.82, 2.24) is 25.8 Å². The van der Waals surface area contributed by atoms with E-state index < -0.39 is 5.54 Å². The van der Waals surface area contributed by atoms with Crippen LogP contribution in [-0.4, -0.2) is 39.1 Å². The number of fused-ring (bicyclic) bond motifs is 2. The number of H-pyrrole nitrogens is 2. The molecule has 0 aliphatic heterocycles. The van der Waals surface area contributed by atoms with Crippen LogP contribution in [0.1, 0.15) is 41.9 Å². The number of para-hydroxylation sites is 2. The van der Waals surface area contributed by atoms with Crippen molar-refractivity contribution in [3.05, 3.63) is 66.0 Å². The number of hydrogen-bond donors (Lipinski definition) is 4. The number of aromatic amines is 2. The van der Waals surface area contributed by atoms with Gasteiger partial charge in [-0.15, -0.1) is 0 Å². The highest BCUT2D eigenvalue weighted by molar-refractivity contribution is 6.06. The van der Waals surface area contributed by atoms with Gasteiger partial charge in [-0.1, -0.05) is 49.2 Å². The number of nitrogens with one attached hydrogen (secondary N) is 4. The summed E-state index contributed by atoms with van der Waals surface area (Å²) in [5, 5.41) is 15.0. The van der Waals surface area contributed by atoms with Crippen LogP contribution < -0.4 is 10.6 Å². The summed E-state index contributed by atoms with van der Waals surface area (Å²) in [6, 6.07) is 17.7. The third-order valence-corrected chi connectivity index (χ3v) is 6.20. The molecule has 1 saturated carbocycles. The smallest absolute Gasteiger partial charge is 0.273 e. The Labute approximate surface area is 179 Å². The SMILES string of the molecule is O=C(NC1(C(=O)NCCc2cc3ccccc3[nH]2)CCCC1)c1n[nH]c2ccccc12. The standard InChI is InChI=1S/C24H25N5O2/c30-22(21-18-8-2-4-10-20(18)28-29-21)27-24(12-5-6-13-24)23(31)25-14-11-17-15-16-7-1-3-9-19(16)26-17/h1-4,7-10,15,26H,5-6,11-14H2,(H,25,31)(H,27,30)(H,28,29). The van der Waals surface area contributed by atoms with Gasteiger partial charge in [0.2, 0.25) is 5.91 Å². The fourth-order valence-corrected chi connectivity index (χ4v) is 4.55. The Morgan fingerprint density at radius 3 is 2.55 bits per heavy atom. The lowest BCUT2D eigenvalue weighted by atomic mass is 9.95. The Balaban J connectivity index is 1.26. The predicted molar refractivity (Wildman–Crippen MR) is 120 cm³/mol. The van der Waals surface area contributed by atoms with Crippen molar-refractivity contribution >= 4 is 33.6 Å². The van der Waals surface area contributed by atoms with Crippen LogP contribution in [0.25, 0.3) is 21.8 Å². The van der Waals surface area contributed by atoms with E-state index in [-0.39, 0.29) is 11.8 Å². The first-order valence-electron chi connectivity index (χ1n) is 10.8. The van der Waals surface area contributed by atoms with Gasteiger partial charge in [-0.2, -0.15) is 5.10 Å². The molecule has 4 N–H and O–H groups in total. The van der Waals surface area contributed by atoms with Gasteiger partial charge in [-0.3, -0.25) is 14.7 Å². The summed E-state index contributed by atoms with van der Waals surface area (Å²) >= 11 is 0. The predicted octanol–water partition coefficient (Wildman–Crippen LogP) is 3.45. The molecule has 2 aromatic heterocycles. The Bertz CT molecular complexity index is 1220. The van der Waals surface area contributed by atoms with Gasteiger partial charge in [0.1, 0.15) is 5.54 Å². The number of carbonyl (C=O) groups is 2.